The van der Waals surface area contributed by atoms with E-state index >= 15 is 0 Å². The highest BCUT2D eigenvalue weighted by Gasteiger charge is 2.45. The molecule has 1 spiro atoms. The van der Waals surface area contributed by atoms with E-state index in [1.165, 1.54) is 28.6 Å². The Bertz CT molecular complexity index is 526. The Kier molecular flexibility index (Phi) is 5.04. The summed E-state index contributed by atoms with van der Waals surface area (Å²) in [6.07, 6.45) is 4.01. The summed E-state index contributed by atoms with van der Waals surface area (Å²) in [6, 6.07) is 6.57. The van der Waals surface area contributed by atoms with E-state index in [1.807, 2.05) is 0 Å². The third kappa shape index (κ3) is 3.64. The molecule has 0 radical (unpaired) electrons. The minimum absolute atomic E-state index is 0.250. The number of carboxylic acid groups (broad SMARTS) is 1. The van der Waals surface area contributed by atoms with Crippen molar-refractivity contribution < 1.29 is 14.7 Å². The molecule has 0 aromatic heterocycles. The van der Waals surface area contributed by atoms with Crippen molar-refractivity contribution in [3.05, 3.63) is 28.2 Å². The quantitative estimate of drug-likeness (QED) is 0.786. The minimum atomic E-state index is -0.250. The van der Waals surface area contributed by atoms with Crippen LogP contribution in [0.3, 0.4) is 0 Å². The van der Waals surface area contributed by atoms with E-state index in [9.17, 15) is 4.79 Å². The van der Waals surface area contributed by atoms with Crippen LogP contribution in [0.4, 0.5) is 5.69 Å². The molecular formula is C16H20BrNO3. The number of nitrogens with zero attached hydrogens (tertiary/aromatic N) is 1. The average molecular weight is 354 g/mol. The second-order valence-electron chi connectivity index (χ2n) is 5.92. The fraction of sp³-hybridized carbons (Fsp3) is 0.500. The van der Waals surface area contributed by atoms with Gasteiger partial charge in [0.15, 0.2) is 0 Å². The Balaban J connectivity index is 0.000000497. The molecule has 0 bridgehead atoms. The summed E-state index contributed by atoms with van der Waals surface area (Å²) in [6.45, 7) is 4.03. The molecule has 1 saturated heterocycles. The lowest BCUT2D eigenvalue weighted by Gasteiger charge is -2.47. The van der Waals surface area contributed by atoms with E-state index < -0.39 is 0 Å². The van der Waals surface area contributed by atoms with E-state index in [1.54, 1.807) is 0 Å². The van der Waals surface area contributed by atoms with Crippen LogP contribution in [0.5, 0.6) is 0 Å². The maximum Gasteiger partial charge on any atom is 0.290 e. The van der Waals surface area contributed by atoms with Gasteiger partial charge in [-0.25, -0.2) is 0 Å². The molecule has 0 amide bonds. The number of hydrogen-bond donors (Lipinski definition) is 1. The number of Topliss-reactive ketones (excluding diaryl/α,β-unsaturated/α-hetero) is 1. The zero-order valence-corrected chi connectivity index (χ0v) is 13.7. The molecule has 4 nitrogen and oxygen atoms in total. The lowest BCUT2D eigenvalue weighted by molar-refractivity contribution is -0.134. The highest BCUT2D eigenvalue weighted by molar-refractivity contribution is 9.10. The Morgan fingerprint density at radius 2 is 1.86 bits per heavy atom. The molecule has 1 aromatic carbocycles. The van der Waals surface area contributed by atoms with Gasteiger partial charge >= 0.3 is 0 Å². The number of rotatable bonds is 1. The molecular weight excluding hydrogens is 334 g/mol. The van der Waals surface area contributed by atoms with Crippen LogP contribution in [-0.4, -0.2) is 30.5 Å². The first-order chi connectivity index (χ1) is 9.99. The number of carbonyl (C=O) groups is 2. The molecule has 1 aliphatic heterocycles. The second kappa shape index (κ2) is 6.60. The zero-order valence-electron chi connectivity index (χ0n) is 12.1. The van der Waals surface area contributed by atoms with Crippen molar-refractivity contribution in [1.29, 1.82) is 0 Å². The van der Waals surface area contributed by atoms with Crippen molar-refractivity contribution in [3.8, 4) is 0 Å². The summed E-state index contributed by atoms with van der Waals surface area (Å²) < 4.78 is 1.18. The second-order valence-corrected chi connectivity index (χ2v) is 6.77. The van der Waals surface area contributed by atoms with Crippen LogP contribution in [0.15, 0.2) is 22.7 Å². The molecule has 3 rings (SSSR count). The van der Waals surface area contributed by atoms with Crippen molar-refractivity contribution in [2.24, 2.45) is 5.41 Å². The Labute approximate surface area is 133 Å². The van der Waals surface area contributed by atoms with Gasteiger partial charge in [0, 0.05) is 36.1 Å². The number of halogens is 1. The molecule has 2 aliphatic rings. The molecule has 21 heavy (non-hydrogen) atoms. The largest absolute Gasteiger partial charge is 0.483 e. The highest BCUT2D eigenvalue weighted by Crippen LogP contribution is 2.47. The van der Waals surface area contributed by atoms with Gasteiger partial charge in [-0.2, -0.15) is 0 Å². The van der Waals surface area contributed by atoms with Gasteiger partial charge in [-0.1, -0.05) is 22.0 Å². The van der Waals surface area contributed by atoms with Gasteiger partial charge in [0.05, 0.1) is 0 Å². The van der Waals surface area contributed by atoms with E-state index in [0.717, 1.165) is 25.9 Å². The van der Waals surface area contributed by atoms with E-state index in [2.05, 4.69) is 46.0 Å². The fourth-order valence-corrected chi connectivity index (χ4v) is 3.52. The number of carbonyl (C=O) groups excluding carboxylic acids is 1. The van der Waals surface area contributed by atoms with Crippen LogP contribution in [0.25, 0.3) is 0 Å². The summed E-state index contributed by atoms with van der Waals surface area (Å²) in [5, 5.41) is 6.89. The highest BCUT2D eigenvalue weighted by atomic mass is 79.9. The molecule has 1 aliphatic carbocycles. The maximum atomic E-state index is 11.2. The number of anilines is 1. The van der Waals surface area contributed by atoms with Crippen molar-refractivity contribution in [2.75, 3.05) is 18.0 Å². The first-order valence-corrected chi connectivity index (χ1v) is 7.90. The van der Waals surface area contributed by atoms with Crippen molar-refractivity contribution in [1.82, 2.24) is 0 Å². The number of piperidine rings is 1. The smallest absolute Gasteiger partial charge is 0.290 e. The minimum Gasteiger partial charge on any atom is -0.483 e. The van der Waals surface area contributed by atoms with E-state index in [4.69, 9.17) is 9.90 Å². The van der Waals surface area contributed by atoms with Gasteiger partial charge in [-0.15, -0.1) is 0 Å². The number of benzene rings is 1. The van der Waals surface area contributed by atoms with Gasteiger partial charge < -0.3 is 10.0 Å². The third-order valence-corrected chi connectivity index (χ3v) is 5.34. The van der Waals surface area contributed by atoms with Gasteiger partial charge in [0.1, 0.15) is 5.78 Å². The predicted octanol–water partition coefficient (Wildman–Crippen LogP) is 3.41. The topological polar surface area (TPSA) is 57.6 Å². The molecule has 114 valence electrons. The normalized spacial score (nSPS) is 19.5. The summed E-state index contributed by atoms with van der Waals surface area (Å²) >= 11 is 3.60. The number of hydrogen-bond acceptors (Lipinski definition) is 3. The molecule has 1 N–H and O–H groups in total. The van der Waals surface area contributed by atoms with Crippen LogP contribution in [0, 0.1) is 12.3 Å². The van der Waals surface area contributed by atoms with Crippen molar-refractivity contribution in [3.63, 3.8) is 0 Å². The lowest BCUT2D eigenvalue weighted by atomic mass is 9.62. The van der Waals surface area contributed by atoms with Crippen molar-refractivity contribution in [2.45, 2.75) is 32.6 Å². The summed E-state index contributed by atoms with van der Waals surface area (Å²) in [5.41, 5.74) is 2.94. The summed E-state index contributed by atoms with van der Waals surface area (Å²) in [4.78, 5) is 22.0. The lowest BCUT2D eigenvalue weighted by Crippen LogP contribution is -2.47. The van der Waals surface area contributed by atoms with Gasteiger partial charge in [-0.05, 0) is 42.9 Å². The Morgan fingerprint density at radius 1 is 1.29 bits per heavy atom. The number of aryl methyl sites for hydroxylation is 1. The average Bonchev–Trinajstić information content (AvgIpc) is 2.42. The zero-order chi connectivity index (χ0) is 15.5. The van der Waals surface area contributed by atoms with Crippen LogP contribution in [-0.2, 0) is 9.59 Å². The molecule has 1 aromatic rings. The van der Waals surface area contributed by atoms with Gasteiger partial charge in [0.2, 0.25) is 0 Å². The number of ketones is 1. The predicted molar refractivity (Wildman–Crippen MR) is 85.7 cm³/mol. The molecule has 0 atom stereocenters. The van der Waals surface area contributed by atoms with Gasteiger partial charge in [0.25, 0.3) is 6.47 Å². The fourth-order valence-electron chi connectivity index (χ4n) is 3.16. The molecule has 1 saturated carbocycles. The first kappa shape index (κ1) is 16.0. The van der Waals surface area contributed by atoms with E-state index in [0.29, 0.717) is 11.2 Å². The van der Waals surface area contributed by atoms with Crippen LogP contribution in [0.2, 0.25) is 0 Å². The van der Waals surface area contributed by atoms with Crippen LogP contribution in [0.1, 0.15) is 31.2 Å². The molecule has 1 heterocycles. The third-order valence-electron chi connectivity index (χ3n) is 4.49. The molecule has 0 unspecified atom stereocenters. The standard InChI is InChI=1S/C15H18BrNO.CH2O2/c1-11-2-3-12(8-14(11)16)17-6-4-15(5-7-17)9-13(18)10-15;2-1-3/h2-3,8H,4-7,9-10H2,1H3;1H,(H,2,3). The monoisotopic (exact) mass is 353 g/mol. The Morgan fingerprint density at radius 3 is 2.33 bits per heavy atom. The summed E-state index contributed by atoms with van der Waals surface area (Å²) in [7, 11) is 0. The Hall–Kier alpha value is -1.36. The summed E-state index contributed by atoms with van der Waals surface area (Å²) in [5.74, 6) is 0.460. The van der Waals surface area contributed by atoms with E-state index in [-0.39, 0.29) is 6.47 Å². The molecule has 2 fully saturated rings. The van der Waals surface area contributed by atoms with Crippen LogP contribution >= 0.6 is 15.9 Å². The van der Waals surface area contributed by atoms with Crippen LogP contribution < -0.4 is 4.90 Å². The molecule has 5 heteroatoms. The van der Waals surface area contributed by atoms with Gasteiger partial charge in [-0.3, -0.25) is 9.59 Å². The SMILES string of the molecule is Cc1ccc(N2CCC3(CC2)CC(=O)C3)cc1Br.O=CO. The van der Waals surface area contributed by atoms with Crippen molar-refractivity contribution >= 4 is 33.9 Å². The maximum absolute atomic E-state index is 11.2. The first-order valence-electron chi connectivity index (χ1n) is 7.10.